The van der Waals surface area contributed by atoms with Gasteiger partial charge in [0.25, 0.3) is 0 Å². The molecular weight excluding hydrogens is 166 g/mol. The summed E-state index contributed by atoms with van der Waals surface area (Å²) in [7, 11) is 0. The van der Waals surface area contributed by atoms with E-state index in [-0.39, 0.29) is 0 Å². The van der Waals surface area contributed by atoms with Crippen molar-refractivity contribution in [2.45, 2.75) is 20.8 Å². The average molecular weight is 177 g/mol. The Balaban J connectivity index is 2.97. The van der Waals surface area contributed by atoms with E-state index in [1.165, 1.54) is 26.8 Å². The molecule has 0 saturated heterocycles. The van der Waals surface area contributed by atoms with Crippen LogP contribution in [-0.2, 0) is 0 Å². The molecule has 2 aromatic rings. The topological polar surface area (TPSA) is 12.9 Å². The molecule has 12 heavy (non-hydrogen) atoms. The van der Waals surface area contributed by atoms with E-state index in [0.717, 1.165) is 0 Å². The van der Waals surface area contributed by atoms with Crippen molar-refractivity contribution in [1.29, 1.82) is 0 Å². The first-order valence-electron chi connectivity index (χ1n) is 4.01. The molecule has 2 rings (SSSR count). The highest BCUT2D eigenvalue weighted by atomic mass is 32.1. The van der Waals surface area contributed by atoms with Crippen LogP contribution < -0.4 is 0 Å². The molecule has 1 nitrogen and oxygen atoms in total. The lowest BCUT2D eigenvalue weighted by Crippen LogP contribution is -1.83. The van der Waals surface area contributed by atoms with E-state index < -0.39 is 0 Å². The van der Waals surface area contributed by atoms with Gasteiger partial charge >= 0.3 is 0 Å². The Morgan fingerprint density at radius 2 is 1.92 bits per heavy atom. The van der Waals surface area contributed by atoms with Crippen LogP contribution in [-0.4, -0.2) is 4.37 Å². The van der Waals surface area contributed by atoms with Crippen LogP contribution in [0.2, 0.25) is 0 Å². The average Bonchev–Trinajstić information content (AvgIpc) is 2.48. The number of rotatable bonds is 0. The van der Waals surface area contributed by atoms with Crippen LogP contribution in [0.1, 0.15) is 16.7 Å². The Hall–Kier alpha value is -0.890. The first kappa shape index (κ1) is 7.74. The van der Waals surface area contributed by atoms with Crippen LogP contribution in [0.25, 0.3) is 10.1 Å². The lowest BCUT2D eigenvalue weighted by atomic mass is 10.0. The molecule has 0 aliphatic rings. The highest BCUT2D eigenvalue weighted by Crippen LogP contribution is 2.27. The fourth-order valence-electron chi connectivity index (χ4n) is 1.48. The Morgan fingerprint density at radius 1 is 1.17 bits per heavy atom. The molecule has 0 aliphatic carbocycles. The smallest absolute Gasteiger partial charge is 0.0584 e. The van der Waals surface area contributed by atoms with Crippen LogP contribution in [0.5, 0.6) is 0 Å². The minimum absolute atomic E-state index is 1.31. The molecule has 0 saturated carbocycles. The second kappa shape index (κ2) is 2.56. The second-order valence-electron chi connectivity index (χ2n) is 3.20. The molecule has 0 radical (unpaired) electrons. The summed E-state index contributed by atoms with van der Waals surface area (Å²) in [5.74, 6) is 0. The van der Waals surface area contributed by atoms with Gasteiger partial charge in [-0.2, -0.15) is 4.37 Å². The van der Waals surface area contributed by atoms with Gasteiger partial charge in [0, 0.05) is 11.6 Å². The molecule has 0 atom stereocenters. The highest BCUT2D eigenvalue weighted by molar-refractivity contribution is 7.13. The molecule has 0 unspecified atom stereocenters. The summed E-state index contributed by atoms with van der Waals surface area (Å²) in [6, 6.07) is 2.23. The summed E-state index contributed by atoms with van der Waals surface area (Å²) in [5, 5.41) is 1.31. The minimum atomic E-state index is 1.31. The van der Waals surface area contributed by atoms with Crippen molar-refractivity contribution in [2.24, 2.45) is 0 Å². The Bertz CT molecular complexity index is 429. The van der Waals surface area contributed by atoms with Gasteiger partial charge in [-0.05, 0) is 49.0 Å². The van der Waals surface area contributed by atoms with E-state index >= 15 is 0 Å². The van der Waals surface area contributed by atoms with Crippen LogP contribution in [0.3, 0.4) is 0 Å². The SMILES string of the molecule is Cc1cc(C)c2cnsc2c1C. The molecule has 0 N–H and O–H groups in total. The Labute approximate surface area is 76.2 Å². The maximum absolute atomic E-state index is 4.21. The zero-order chi connectivity index (χ0) is 8.72. The van der Waals surface area contributed by atoms with E-state index in [2.05, 4.69) is 31.2 Å². The highest BCUT2D eigenvalue weighted by Gasteiger charge is 2.05. The summed E-state index contributed by atoms with van der Waals surface area (Å²) in [6.07, 6.45) is 1.96. The summed E-state index contributed by atoms with van der Waals surface area (Å²) in [6.45, 7) is 6.46. The van der Waals surface area contributed by atoms with Crippen molar-refractivity contribution in [3.63, 3.8) is 0 Å². The van der Waals surface area contributed by atoms with Gasteiger partial charge in [0.15, 0.2) is 0 Å². The number of benzene rings is 1. The standard InChI is InChI=1S/C10H11NS/c1-6-4-7(2)9-5-11-12-10(9)8(6)3/h4-5H,1-3H3. The van der Waals surface area contributed by atoms with Crippen LogP contribution in [0.15, 0.2) is 12.3 Å². The third kappa shape index (κ3) is 0.950. The molecule has 0 fully saturated rings. The molecule has 1 aromatic carbocycles. The summed E-state index contributed by atoms with van der Waals surface area (Å²) < 4.78 is 5.55. The molecule has 62 valence electrons. The van der Waals surface area contributed by atoms with Crippen LogP contribution >= 0.6 is 11.5 Å². The molecule has 0 aliphatic heterocycles. The molecule has 0 spiro atoms. The quantitative estimate of drug-likeness (QED) is 0.602. The first-order valence-corrected chi connectivity index (χ1v) is 4.78. The summed E-state index contributed by atoms with van der Waals surface area (Å²) in [5.41, 5.74) is 4.07. The van der Waals surface area contributed by atoms with E-state index in [9.17, 15) is 0 Å². The largest absolute Gasteiger partial charge is 0.200 e. The third-order valence-corrected chi connectivity index (χ3v) is 3.28. The van der Waals surface area contributed by atoms with Gasteiger partial charge < -0.3 is 0 Å². The maximum atomic E-state index is 4.21. The van der Waals surface area contributed by atoms with Gasteiger partial charge in [0.05, 0.1) is 4.70 Å². The van der Waals surface area contributed by atoms with Gasteiger partial charge in [0.2, 0.25) is 0 Å². The summed E-state index contributed by atoms with van der Waals surface area (Å²) >= 11 is 1.59. The summed E-state index contributed by atoms with van der Waals surface area (Å²) in [4.78, 5) is 0. The van der Waals surface area contributed by atoms with E-state index in [4.69, 9.17) is 0 Å². The van der Waals surface area contributed by atoms with E-state index in [1.54, 1.807) is 11.5 Å². The van der Waals surface area contributed by atoms with Crippen LogP contribution in [0, 0.1) is 20.8 Å². The fourth-order valence-corrected chi connectivity index (χ4v) is 2.35. The van der Waals surface area contributed by atoms with Crippen molar-refractivity contribution in [3.8, 4) is 0 Å². The first-order chi connectivity index (χ1) is 5.70. The maximum Gasteiger partial charge on any atom is 0.0584 e. The third-order valence-electron chi connectivity index (χ3n) is 2.36. The number of hydrogen-bond acceptors (Lipinski definition) is 2. The van der Waals surface area contributed by atoms with Crippen molar-refractivity contribution >= 4 is 21.6 Å². The van der Waals surface area contributed by atoms with Gasteiger partial charge in [-0.3, -0.25) is 0 Å². The van der Waals surface area contributed by atoms with Gasteiger partial charge in [-0.1, -0.05) is 6.07 Å². The normalized spacial score (nSPS) is 10.9. The minimum Gasteiger partial charge on any atom is -0.200 e. The fraction of sp³-hybridized carbons (Fsp3) is 0.300. The number of nitrogens with zero attached hydrogens (tertiary/aromatic N) is 1. The number of aromatic nitrogens is 1. The van der Waals surface area contributed by atoms with Crippen molar-refractivity contribution in [1.82, 2.24) is 4.37 Å². The van der Waals surface area contributed by atoms with Gasteiger partial charge in [-0.25, -0.2) is 0 Å². The second-order valence-corrected chi connectivity index (χ2v) is 4.01. The molecule has 2 heteroatoms. The predicted molar refractivity (Wildman–Crippen MR) is 53.8 cm³/mol. The van der Waals surface area contributed by atoms with Crippen molar-refractivity contribution in [2.75, 3.05) is 0 Å². The van der Waals surface area contributed by atoms with E-state index in [1.807, 2.05) is 6.20 Å². The number of fused-ring (bicyclic) bond motifs is 1. The number of aryl methyl sites for hydroxylation is 3. The predicted octanol–water partition coefficient (Wildman–Crippen LogP) is 3.22. The van der Waals surface area contributed by atoms with Crippen molar-refractivity contribution in [3.05, 3.63) is 29.0 Å². The monoisotopic (exact) mass is 177 g/mol. The zero-order valence-electron chi connectivity index (χ0n) is 7.51. The van der Waals surface area contributed by atoms with Crippen LogP contribution in [0.4, 0.5) is 0 Å². The lowest BCUT2D eigenvalue weighted by Gasteiger charge is -2.02. The van der Waals surface area contributed by atoms with Gasteiger partial charge in [-0.15, -0.1) is 0 Å². The Kier molecular flexibility index (Phi) is 1.65. The zero-order valence-corrected chi connectivity index (χ0v) is 8.33. The number of hydrogen-bond donors (Lipinski definition) is 0. The molecule has 1 aromatic heterocycles. The lowest BCUT2D eigenvalue weighted by molar-refractivity contribution is 1.35. The molecule has 0 amide bonds. The molecule has 0 bridgehead atoms. The van der Waals surface area contributed by atoms with Gasteiger partial charge in [0.1, 0.15) is 0 Å². The molecular formula is C10H11NS. The van der Waals surface area contributed by atoms with Crippen molar-refractivity contribution < 1.29 is 0 Å². The van der Waals surface area contributed by atoms with E-state index in [0.29, 0.717) is 0 Å². The molecule has 1 heterocycles. The Morgan fingerprint density at radius 3 is 2.67 bits per heavy atom.